The minimum absolute atomic E-state index is 0.0595. The van der Waals surface area contributed by atoms with E-state index in [2.05, 4.69) is 10.6 Å². The van der Waals surface area contributed by atoms with Gasteiger partial charge in [0.15, 0.2) is 0 Å². The van der Waals surface area contributed by atoms with Crippen LogP contribution in [0.25, 0.3) is 0 Å². The Morgan fingerprint density at radius 2 is 2.18 bits per heavy atom. The second-order valence-corrected chi connectivity index (χ2v) is 3.40. The molecular weight excluding hydrogens is 220 g/mol. The average Bonchev–Trinajstić information content (AvgIpc) is 2.37. The summed E-state index contributed by atoms with van der Waals surface area (Å²) < 4.78 is 10.3. The highest BCUT2D eigenvalue weighted by molar-refractivity contribution is 5.80. The zero-order valence-corrected chi connectivity index (χ0v) is 10.2. The molecule has 0 saturated heterocycles. The summed E-state index contributed by atoms with van der Waals surface area (Å²) in [5, 5.41) is 5.55. The molecule has 1 rings (SSSR count). The zero-order chi connectivity index (χ0) is 12.5. The fourth-order valence-corrected chi connectivity index (χ4v) is 1.21. The molecular formula is C12H18N2O3. The zero-order valence-electron chi connectivity index (χ0n) is 10.2. The number of anilines is 1. The van der Waals surface area contributed by atoms with Gasteiger partial charge in [-0.3, -0.25) is 4.79 Å². The van der Waals surface area contributed by atoms with Crippen molar-refractivity contribution in [3.8, 4) is 5.75 Å². The van der Waals surface area contributed by atoms with Gasteiger partial charge < -0.3 is 20.1 Å². The number of rotatable bonds is 7. The van der Waals surface area contributed by atoms with Crippen molar-refractivity contribution in [3.05, 3.63) is 24.3 Å². The molecule has 0 aliphatic rings. The fraction of sp³-hybridized carbons (Fsp3) is 0.417. The highest BCUT2D eigenvalue weighted by Gasteiger charge is 1.99. The number of methoxy groups -OCH3 is 1. The van der Waals surface area contributed by atoms with Gasteiger partial charge in [-0.2, -0.15) is 0 Å². The summed E-state index contributed by atoms with van der Waals surface area (Å²) in [4.78, 5) is 11.1. The Bertz CT molecular complexity index is 355. The van der Waals surface area contributed by atoms with Gasteiger partial charge in [0, 0.05) is 25.9 Å². The molecule has 0 saturated carbocycles. The van der Waals surface area contributed by atoms with Crippen molar-refractivity contribution in [1.82, 2.24) is 5.32 Å². The van der Waals surface area contributed by atoms with E-state index in [1.807, 2.05) is 24.3 Å². The third-order valence-electron chi connectivity index (χ3n) is 2.12. The van der Waals surface area contributed by atoms with E-state index in [4.69, 9.17) is 9.47 Å². The average molecular weight is 238 g/mol. The summed E-state index contributed by atoms with van der Waals surface area (Å²) in [7, 11) is 3.24. The predicted molar refractivity (Wildman–Crippen MR) is 66.4 cm³/mol. The number of benzene rings is 1. The van der Waals surface area contributed by atoms with Gasteiger partial charge in [0.1, 0.15) is 12.4 Å². The number of nitrogens with one attached hydrogen (secondary N) is 2. The number of hydrogen-bond acceptors (Lipinski definition) is 4. The van der Waals surface area contributed by atoms with Crippen molar-refractivity contribution in [2.75, 3.05) is 39.2 Å². The molecule has 1 aromatic rings. The second kappa shape index (κ2) is 7.51. The van der Waals surface area contributed by atoms with Crippen LogP contribution in [0.5, 0.6) is 5.75 Å². The monoisotopic (exact) mass is 238 g/mol. The van der Waals surface area contributed by atoms with Gasteiger partial charge in [0.2, 0.25) is 5.91 Å². The minimum atomic E-state index is -0.0595. The van der Waals surface area contributed by atoms with Crippen LogP contribution in [0.1, 0.15) is 0 Å². The Morgan fingerprint density at radius 1 is 1.35 bits per heavy atom. The van der Waals surface area contributed by atoms with E-state index < -0.39 is 0 Å². The molecule has 1 amide bonds. The molecule has 0 atom stereocenters. The van der Waals surface area contributed by atoms with Crippen LogP contribution >= 0.6 is 0 Å². The van der Waals surface area contributed by atoms with Crippen LogP contribution in [-0.2, 0) is 9.53 Å². The standard InChI is InChI=1S/C12H18N2O3/c1-13-12(15)9-14-10-4-3-5-11(8-10)17-7-6-16-2/h3-5,8,14H,6-7,9H2,1-2H3,(H,13,15). The lowest BCUT2D eigenvalue weighted by Crippen LogP contribution is -2.26. The SMILES string of the molecule is CNC(=O)CNc1cccc(OCCOC)c1. The van der Waals surface area contributed by atoms with Crippen LogP contribution in [0.15, 0.2) is 24.3 Å². The summed E-state index contributed by atoms with van der Waals surface area (Å²) in [6.45, 7) is 1.31. The summed E-state index contributed by atoms with van der Waals surface area (Å²) in [5.41, 5.74) is 0.850. The minimum Gasteiger partial charge on any atom is -0.491 e. The Hall–Kier alpha value is -1.75. The Morgan fingerprint density at radius 3 is 2.88 bits per heavy atom. The van der Waals surface area contributed by atoms with E-state index in [0.29, 0.717) is 13.2 Å². The molecule has 94 valence electrons. The van der Waals surface area contributed by atoms with Crippen LogP contribution in [-0.4, -0.2) is 39.8 Å². The first-order valence-corrected chi connectivity index (χ1v) is 5.42. The molecule has 0 radical (unpaired) electrons. The van der Waals surface area contributed by atoms with Crippen molar-refractivity contribution >= 4 is 11.6 Å². The Balaban J connectivity index is 2.44. The van der Waals surface area contributed by atoms with Gasteiger partial charge in [-0.15, -0.1) is 0 Å². The van der Waals surface area contributed by atoms with Gasteiger partial charge in [0.25, 0.3) is 0 Å². The summed E-state index contributed by atoms with van der Waals surface area (Å²) >= 11 is 0. The van der Waals surface area contributed by atoms with E-state index in [1.165, 1.54) is 0 Å². The van der Waals surface area contributed by atoms with Crippen LogP contribution in [0.3, 0.4) is 0 Å². The van der Waals surface area contributed by atoms with Crippen molar-refractivity contribution in [2.45, 2.75) is 0 Å². The lowest BCUT2D eigenvalue weighted by Gasteiger charge is -2.09. The van der Waals surface area contributed by atoms with Crippen molar-refractivity contribution < 1.29 is 14.3 Å². The molecule has 0 fully saturated rings. The predicted octanol–water partition coefficient (Wildman–Crippen LogP) is 0.870. The topological polar surface area (TPSA) is 59.6 Å². The Labute approximate surface area is 101 Å². The maximum Gasteiger partial charge on any atom is 0.239 e. The van der Waals surface area contributed by atoms with Crippen LogP contribution in [0.4, 0.5) is 5.69 Å². The van der Waals surface area contributed by atoms with Crippen LogP contribution in [0, 0.1) is 0 Å². The highest BCUT2D eigenvalue weighted by atomic mass is 16.5. The molecule has 2 N–H and O–H groups in total. The summed E-state index contributed by atoms with van der Waals surface area (Å²) in [6, 6.07) is 7.46. The maximum absolute atomic E-state index is 11.1. The molecule has 1 aromatic carbocycles. The van der Waals surface area contributed by atoms with Gasteiger partial charge in [0.05, 0.1) is 13.2 Å². The Kier molecular flexibility index (Phi) is 5.88. The number of carbonyl (C=O) groups is 1. The molecule has 0 heterocycles. The van der Waals surface area contributed by atoms with E-state index in [9.17, 15) is 4.79 Å². The quantitative estimate of drug-likeness (QED) is 0.692. The largest absolute Gasteiger partial charge is 0.491 e. The third kappa shape index (κ3) is 5.21. The molecule has 17 heavy (non-hydrogen) atoms. The molecule has 0 bridgehead atoms. The van der Waals surface area contributed by atoms with Crippen molar-refractivity contribution in [1.29, 1.82) is 0 Å². The number of hydrogen-bond donors (Lipinski definition) is 2. The van der Waals surface area contributed by atoms with E-state index >= 15 is 0 Å². The molecule has 5 heteroatoms. The second-order valence-electron chi connectivity index (χ2n) is 3.40. The maximum atomic E-state index is 11.1. The van der Waals surface area contributed by atoms with Crippen molar-refractivity contribution in [3.63, 3.8) is 0 Å². The van der Waals surface area contributed by atoms with Crippen LogP contribution < -0.4 is 15.4 Å². The lowest BCUT2D eigenvalue weighted by atomic mass is 10.3. The number of amides is 1. The summed E-state index contributed by atoms with van der Waals surface area (Å²) in [5.74, 6) is 0.694. The number of ether oxygens (including phenoxy) is 2. The first kappa shape index (κ1) is 13.3. The van der Waals surface area contributed by atoms with Gasteiger partial charge in [-0.1, -0.05) is 6.07 Å². The molecule has 0 unspecified atom stereocenters. The van der Waals surface area contributed by atoms with Crippen molar-refractivity contribution in [2.24, 2.45) is 0 Å². The van der Waals surface area contributed by atoms with Crippen LogP contribution in [0.2, 0.25) is 0 Å². The number of likely N-dealkylation sites (N-methyl/N-ethyl adjacent to an activating group) is 1. The number of carbonyl (C=O) groups excluding carboxylic acids is 1. The first-order valence-electron chi connectivity index (χ1n) is 5.42. The van der Waals surface area contributed by atoms with Gasteiger partial charge in [-0.25, -0.2) is 0 Å². The van der Waals surface area contributed by atoms with E-state index in [1.54, 1.807) is 14.2 Å². The first-order chi connectivity index (χ1) is 8.26. The lowest BCUT2D eigenvalue weighted by molar-refractivity contribution is -0.118. The highest BCUT2D eigenvalue weighted by Crippen LogP contribution is 2.16. The normalized spacial score (nSPS) is 9.76. The fourth-order valence-electron chi connectivity index (χ4n) is 1.21. The van der Waals surface area contributed by atoms with E-state index in [0.717, 1.165) is 11.4 Å². The molecule has 0 aliphatic heterocycles. The third-order valence-corrected chi connectivity index (χ3v) is 2.12. The van der Waals surface area contributed by atoms with Gasteiger partial charge >= 0.3 is 0 Å². The smallest absolute Gasteiger partial charge is 0.239 e. The molecule has 0 aromatic heterocycles. The molecule has 5 nitrogen and oxygen atoms in total. The summed E-state index contributed by atoms with van der Waals surface area (Å²) in [6.07, 6.45) is 0. The van der Waals surface area contributed by atoms with Gasteiger partial charge in [-0.05, 0) is 12.1 Å². The van der Waals surface area contributed by atoms with E-state index in [-0.39, 0.29) is 12.5 Å². The molecule has 0 spiro atoms. The molecule has 0 aliphatic carbocycles.